The van der Waals surface area contributed by atoms with Crippen molar-refractivity contribution in [3.05, 3.63) is 59.2 Å². The third-order valence-electron chi connectivity index (χ3n) is 4.67. The summed E-state index contributed by atoms with van der Waals surface area (Å²) in [6.45, 7) is 0.378. The van der Waals surface area contributed by atoms with Crippen molar-refractivity contribution >= 4 is 27.7 Å². The van der Waals surface area contributed by atoms with Crippen molar-refractivity contribution < 1.29 is 26.7 Å². The van der Waals surface area contributed by atoms with Crippen LogP contribution < -0.4 is 14.4 Å². The lowest BCUT2D eigenvalue weighted by Crippen LogP contribution is -2.34. The van der Waals surface area contributed by atoms with Crippen LogP contribution in [-0.4, -0.2) is 35.0 Å². The lowest BCUT2D eigenvalue weighted by atomic mass is 10.0. The topological polar surface area (TPSA) is 75.7 Å². The predicted molar refractivity (Wildman–Crippen MR) is 105 cm³/mol. The average molecular weight is 422 g/mol. The van der Waals surface area contributed by atoms with E-state index < -0.39 is 27.6 Å². The number of ether oxygens (including phenoxy) is 1. The van der Waals surface area contributed by atoms with Gasteiger partial charge in [-0.1, -0.05) is 6.07 Å². The number of amides is 1. The van der Waals surface area contributed by atoms with Gasteiger partial charge in [0.1, 0.15) is 10.6 Å². The van der Waals surface area contributed by atoms with Gasteiger partial charge in [-0.05, 0) is 55.3 Å². The Balaban J connectivity index is 1.89. The molecule has 1 heterocycles. The molecule has 0 spiro atoms. The van der Waals surface area contributed by atoms with Crippen LogP contribution in [0.2, 0.25) is 0 Å². The quantitative estimate of drug-likeness (QED) is 0.752. The molecule has 1 N–H and O–H groups in total. The molecule has 0 aromatic heterocycles. The van der Waals surface area contributed by atoms with Crippen LogP contribution in [0.4, 0.5) is 14.5 Å². The molecular weight excluding hydrogens is 402 g/mol. The molecule has 2 aromatic carbocycles. The van der Waals surface area contributed by atoms with Crippen LogP contribution in [0, 0.1) is 11.6 Å². The van der Waals surface area contributed by atoms with Gasteiger partial charge in [-0.3, -0.25) is 4.79 Å². The number of fused-ring (bicyclic) bond motifs is 1. The third-order valence-corrected chi connectivity index (χ3v) is 6.11. The van der Waals surface area contributed by atoms with Crippen molar-refractivity contribution in [3.8, 4) is 5.75 Å². The summed E-state index contributed by atoms with van der Waals surface area (Å²) in [6, 6.07) is 6.62. The first-order valence-electron chi connectivity index (χ1n) is 8.86. The van der Waals surface area contributed by atoms with Gasteiger partial charge in [0.15, 0.2) is 11.6 Å². The Morgan fingerprint density at radius 3 is 2.62 bits per heavy atom. The summed E-state index contributed by atoms with van der Waals surface area (Å²) in [7, 11) is -1.10. The van der Waals surface area contributed by atoms with Crippen LogP contribution in [0.15, 0.2) is 41.3 Å². The summed E-state index contributed by atoms with van der Waals surface area (Å²) < 4.78 is 58.7. The van der Waals surface area contributed by atoms with E-state index in [1.165, 1.54) is 43.3 Å². The lowest BCUT2D eigenvalue weighted by Gasteiger charge is -2.28. The molecule has 1 aliphatic rings. The number of rotatable bonds is 5. The second-order valence-electron chi connectivity index (χ2n) is 6.44. The molecule has 1 aliphatic heterocycles. The van der Waals surface area contributed by atoms with Crippen molar-refractivity contribution in [2.75, 3.05) is 25.6 Å². The first-order valence-corrected chi connectivity index (χ1v) is 10.3. The maximum Gasteiger partial charge on any atom is 0.250 e. The molecule has 0 bridgehead atoms. The second kappa shape index (κ2) is 8.30. The number of aryl methyl sites for hydroxylation is 1. The predicted octanol–water partition coefficient (Wildman–Crippen LogP) is 2.87. The van der Waals surface area contributed by atoms with E-state index in [1.807, 2.05) is 0 Å². The number of nitrogens with zero attached hydrogens (tertiary/aromatic N) is 1. The van der Waals surface area contributed by atoms with E-state index in [2.05, 4.69) is 4.72 Å². The summed E-state index contributed by atoms with van der Waals surface area (Å²) in [6.07, 6.45) is 3.92. The number of nitrogens with one attached hydrogen (secondary N) is 1. The van der Waals surface area contributed by atoms with Gasteiger partial charge in [0.2, 0.25) is 10.0 Å². The first kappa shape index (κ1) is 20.9. The van der Waals surface area contributed by atoms with E-state index in [0.717, 1.165) is 12.1 Å². The zero-order valence-corrected chi connectivity index (χ0v) is 16.7. The maximum atomic E-state index is 13.6. The molecule has 0 atom stereocenters. The highest BCUT2D eigenvalue weighted by Gasteiger charge is 2.23. The molecule has 29 heavy (non-hydrogen) atoms. The number of hydrogen-bond donors (Lipinski definition) is 1. The van der Waals surface area contributed by atoms with Crippen molar-refractivity contribution in [1.82, 2.24) is 4.72 Å². The number of halogens is 2. The Morgan fingerprint density at radius 2 is 1.93 bits per heavy atom. The minimum Gasteiger partial charge on any atom is -0.495 e. The summed E-state index contributed by atoms with van der Waals surface area (Å²) in [5, 5.41) is 0. The van der Waals surface area contributed by atoms with Gasteiger partial charge in [0, 0.05) is 18.7 Å². The first-order chi connectivity index (χ1) is 13.8. The monoisotopic (exact) mass is 422 g/mol. The van der Waals surface area contributed by atoms with Gasteiger partial charge in [0.05, 0.1) is 12.8 Å². The van der Waals surface area contributed by atoms with Crippen molar-refractivity contribution in [2.24, 2.45) is 0 Å². The highest BCUT2D eigenvalue weighted by molar-refractivity contribution is 7.89. The van der Waals surface area contributed by atoms with Crippen LogP contribution in [0.3, 0.4) is 0 Å². The van der Waals surface area contributed by atoms with Gasteiger partial charge in [-0.15, -0.1) is 0 Å². The molecule has 1 amide bonds. The van der Waals surface area contributed by atoms with Gasteiger partial charge in [0.25, 0.3) is 5.91 Å². The van der Waals surface area contributed by atoms with E-state index in [9.17, 15) is 22.0 Å². The number of benzene rings is 2. The molecule has 6 nitrogen and oxygen atoms in total. The fraction of sp³-hybridized carbons (Fsp3) is 0.250. The molecule has 0 saturated carbocycles. The molecule has 0 aliphatic carbocycles. The van der Waals surface area contributed by atoms with Gasteiger partial charge in [-0.25, -0.2) is 21.9 Å². The SMILES string of the molecule is CNS(=O)(=O)c1cc(/C=C\C(=O)N2CCCc3cc(F)c(F)cc32)ccc1OC. The number of carbonyl (C=O) groups excluding carboxylic acids is 1. The van der Waals surface area contributed by atoms with Crippen LogP contribution in [0.1, 0.15) is 17.5 Å². The van der Waals surface area contributed by atoms with Gasteiger partial charge < -0.3 is 9.64 Å². The van der Waals surface area contributed by atoms with Gasteiger partial charge in [-0.2, -0.15) is 0 Å². The number of anilines is 1. The van der Waals surface area contributed by atoms with Crippen molar-refractivity contribution in [2.45, 2.75) is 17.7 Å². The maximum absolute atomic E-state index is 13.6. The third kappa shape index (κ3) is 4.30. The fourth-order valence-electron chi connectivity index (χ4n) is 3.18. The molecule has 0 saturated heterocycles. The Bertz CT molecular complexity index is 1080. The molecule has 154 valence electrons. The highest BCUT2D eigenvalue weighted by atomic mass is 32.2. The molecule has 0 radical (unpaired) electrons. The van der Waals surface area contributed by atoms with Crippen LogP contribution in [-0.2, 0) is 21.2 Å². The number of methoxy groups -OCH3 is 1. The summed E-state index contributed by atoms with van der Waals surface area (Å²) in [5.74, 6) is -2.19. The standard InChI is InChI=1S/C20H20F2N2O4S/c1-23-29(26,27)19-10-13(5-7-18(19)28-2)6-8-20(25)24-9-3-4-14-11-15(21)16(22)12-17(14)24/h5-8,10-12,23H,3-4,9H2,1-2H3/b8-6-. The minimum atomic E-state index is -3.75. The Labute approximate surface area is 167 Å². The minimum absolute atomic E-state index is 0.0574. The molecule has 3 rings (SSSR count). The largest absolute Gasteiger partial charge is 0.495 e. The van der Waals surface area contributed by atoms with Gasteiger partial charge >= 0.3 is 0 Å². The second-order valence-corrected chi connectivity index (χ2v) is 8.29. The molecule has 0 unspecified atom stereocenters. The van der Waals surface area contributed by atoms with E-state index in [1.54, 1.807) is 6.07 Å². The Hall–Kier alpha value is -2.78. The normalized spacial score (nSPS) is 14.1. The smallest absolute Gasteiger partial charge is 0.250 e. The molecular formula is C20H20F2N2O4S. The Kier molecular flexibility index (Phi) is 5.99. The van der Waals surface area contributed by atoms with E-state index >= 15 is 0 Å². The van der Waals surface area contributed by atoms with Crippen molar-refractivity contribution in [3.63, 3.8) is 0 Å². The summed E-state index contributed by atoms with van der Waals surface area (Å²) in [5.41, 5.74) is 1.39. The summed E-state index contributed by atoms with van der Waals surface area (Å²) >= 11 is 0. The lowest BCUT2D eigenvalue weighted by molar-refractivity contribution is -0.114. The molecule has 2 aromatic rings. The molecule has 9 heteroatoms. The number of sulfonamides is 1. The van der Waals surface area contributed by atoms with Crippen LogP contribution >= 0.6 is 0 Å². The Morgan fingerprint density at radius 1 is 1.21 bits per heavy atom. The van der Waals surface area contributed by atoms with Crippen molar-refractivity contribution in [1.29, 1.82) is 0 Å². The molecule has 0 fully saturated rings. The van der Waals surface area contributed by atoms with E-state index in [-0.39, 0.29) is 10.6 Å². The number of carbonyl (C=O) groups is 1. The fourth-order valence-corrected chi connectivity index (χ4v) is 4.11. The zero-order valence-electron chi connectivity index (χ0n) is 15.9. The number of hydrogen-bond acceptors (Lipinski definition) is 4. The summed E-state index contributed by atoms with van der Waals surface area (Å²) in [4.78, 5) is 14.0. The van der Waals surface area contributed by atoms with Crippen LogP contribution in [0.25, 0.3) is 6.08 Å². The average Bonchev–Trinajstić information content (AvgIpc) is 2.72. The van der Waals surface area contributed by atoms with E-state index in [0.29, 0.717) is 36.2 Å². The van der Waals surface area contributed by atoms with Crippen LogP contribution in [0.5, 0.6) is 5.75 Å². The zero-order chi connectivity index (χ0) is 21.2. The highest BCUT2D eigenvalue weighted by Crippen LogP contribution is 2.30. The van der Waals surface area contributed by atoms with E-state index in [4.69, 9.17) is 4.74 Å².